The van der Waals surface area contributed by atoms with Crippen molar-refractivity contribution in [3.05, 3.63) is 0 Å². The molecule has 1 atom stereocenters. The lowest BCUT2D eigenvalue weighted by atomic mass is 9.91. The lowest BCUT2D eigenvalue weighted by Crippen LogP contribution is -2.45. The number of aliphatic carboxylic acids is 1. The minimum Gasteiger partial charge on any atom is -0.480 e. The molecule has 3 heteroatoms. The summed E-state index contributed by atoms with van der Waals surface area (Å²) in [6.45, 7) is 6.30. The van der Waals surface area contributed by atoms with Gasteiger partial charge in [-0.2, -0.15) is 0 Å². The average molecular weight is 241 g/mol. The van der Waals surface area contributed by atoms with Crippen molar-refractivity contribution in [1.82, 2.24) is 4.90 Å². The van der Waals surface area contributed by atoms with E-state index in [2.05, 4.69) is 18.7 Å². The van der Waals surface area contributed by atoms with E-state index >= 15 is 0 Å². The Kier molecular flexibility index (Phi) is 6.56. The van der Waals surface area contributed by atoms with Crippen LogP contribution >= 0.6 is 0 Å². The predicted octanol–water partition coefficient (Wildman–Crippen LogP) is 3.14. The number of rotatable bonds is 7. The van der Waals surface area contributed by atoms with E-state index in [4.69, 9.17) is 0 Å². The Morgan fingerprint density at radius 2 is 1.94 bits per heavy atom. The van der Waals surface area contributed by atoms with Gasteiger partial charge in [-0.25, -0.2) is 0 Å². The maximum Gasteiger partial charge on any atom is 0.320 e. The molecule has 0 radical (unpaired) electrons. The Balaban J connectivity index is 2.40. The molecule has 0 amide bonds. The lowest BCUT2D eigenvalue weighted by molar-refractivity contribution is -0.144. The van der Waals surface area contributed by atoms with E-state index in [0.717, 1.165) is 38.3 Å². The fraction of sp³-hybridized carbons (Fsp3) is 0.929. The van der Waals surface area contributed by atoms with Crippen molar-refractivity contribution < 1.29 is 9.90 Å². The first-order chi connectivity index (χ1) is 8.19. The first-order valence-electron chi connectivity index (χ1n) is 7.15. The van der Waals surface area contributed by atoms with Crippen molar-refractivity contribution in [3.8, 4) is 0 Å². The first-order valence-corrected chi connectivity index (χ1v) is 7.15. The molecule has 0 aromatic carbocycles. The van der Waals surface area contributed by atoms with E-state index in [0.29, 0.717) is 0 Å². The molecule has 100 valence electrons. The molecule has 1 heterocycles. The molecule has 17 heavy (non-hydrogen) atoms. The van der Waals surface area contributed by atoms with E-state index in [-0.39, 0.29) is 6.04 Å². The summed E-state index contributed by atoms with van der Waals surface area (Å²) in [7, 11) is 0. The first kappa shape index (κ1) is 14.5. The topological polar surface area (TPSA) is 40.5 Å². The summed E-state index contributed by atoms with van der Waals surface area (Å²) < 4.78 is 0. The lowest BCUT2D eigenvalue weighted by Gasteiger charge is -2.35. The smallest absolute Gasteiger partial charge is 0.320 e. The van der Waals surface area contributed by atoms with Crippen molar-refractivity contribution >= 4 is 5.97 Å². The van der Waals surface area contributed by atoms with Gasteiger partial charge in [0, 0.05) is 0 Å². The van der Waals surface area contributed by atoms with Gasteiger partial charge in [-0.3, -0.25) is 9.69 Å². The van der Waals surface area contributed by atoms with Gasteiger partial charge in [-0.15, -0.1) is 0 Å². The Hall–Kier alpha value is -0.570. The number of carboxylic acid groups (broad SMARTS) is 1. The second-order valence-electron chi connectivity index (χ2n) is 5.26. The number of likely N-dealkylation sites (tertiary alicyclic amines) is 1. The molecule has 1 N–H and O–H groups in total. The van der Waals surface area contributed by atoms with E-state index in [1.54, 1.807) is 0 Å². The summed E-state index contributed by atoms with van der Waals surface area (Å²) in [4.78, 5) is 13.5. The molecular formula is C14H27NO2. The van der Waals surface area contributed by atoms with Crippen molar-refractivity contribution in [3.63, 3.8) is 0 Å². The third-order valence-corrected chi connectivity index (χ3v) is 3.90. The fourth-order valence-corrected chi connectivity index (χ4v) is 2.82. The molecule has 0 aliphatic carbocycles. The van der Waals surface area contributed by atoms with Crippen LogP contribution in [0.5, 0.6) is 0 Å². The number of piperidine rings is 1. The summed E-state index contributed by atoms with van der Waals surface area (Å²) in [5.41, 5.74) is 0. The molecule has 1 saturated heterocycles. The molecule has 0 aromatic heterocycles. The van der Waals surface area contributed by atoms with Crippen molar-refractivity contribution in [2.75, 3.05) is 13.1 Å². The molecular weight excluding hydrogens is 214 g/mol. The number of hydrogen-bond donors (Lipinski definition) is 1. The Morgan fingerprint density at radius 3 is 2.41 bits per heavy atom. The highest BCUT2D eigenvalue weighted by atomic mass is 16.4. The van der Waals surface area contributed by atoms with E-state index < -0.39 is 5.97 Å². The molecule has 0 spiro atoms. The number of hydrogen-bond acceptors (Lipinski definition) is 2. The summed E-state index contributed by atoms with van der Waals surface area (Å²) in [6, 6.07) is -0.238. The third-order valence-electron chi connectivity index (χ3n) is 3.90. The van der Waals surface area contributed by atoms with Gasteiger partial charge in [0.15, 0.2) is 0 Å². The Bertz CT molecular complexity index is 222. The number of unbranched alkanes of at least 4 members (excludes halogenated alkanes) is 1. The van der Waals surface area contributed by atoms with Gasteiger partial charge in [0.1, 0.15) is 6.04 Å². The maximum absolute atomic E-state index is 11.3. The van der Waals surface area contributed by atoms with Gasteiger partial charge >= 0.3 is 5.97 Å². The predicted molar refractivity (Wildman–Crippen MR) is 70.2 cm³/mol. The molecule has 1 aliphatic heterocycles. The molecule has 0 aromatic rings. The van der Waals surface area contributed by atoms with Gasteiger partial charge in [0.25, 0.3) is 0 Å². The van der Waals surface area contributed by atoms with Crippen LogP contribution in [0, 0.1) is 5.92 Å². The second kappa shape index (κ2) is 7.70. The van der Waals surface area contributed by atoms with Crippen molar-refractivity contribution in [2.45, 2.75) is 64.8 Å². The molecule has 1 fully saturated rings. The summed E-state index contributed by atoms with van der Waals surface area (Å²) >= 11 is 0. The Labute approximate surface area is 105 Å². The van der Waals surface area contributed by atoms with E-state index in [1.807, 2.05) is 0 Å². The standard InChI is InChI=1S/C14H27NO2/c1-3-5-7-13(14(16)17)15-10-8-12(6-4-2)9-11-15/h12-13H,3-11H2,1-2H3,(H,16,17). The minimum atomic E-state index is -0.632. The van der Waals surface area contributed by atoms with Crippen molar-refractivity contribution in [1.29, 1.82) is 0 Å². The van der Waals surface area contributed by atoms with Gasteiger partial charge in [-0.05, 0) is 38.3 Å². The van der Waals surface area contributed by atoms with E-state index in [9.17, 15) is 9.90 Å². The number of carbonyl (C=O) groups is 1. The molecule has 0 bridgehead atoms. The highest BCUT2D eigenvalue weighted by molar-refractivity contribution is 5.73. The van der Waals surface area contributed by atoms with Crippen LogP contribution in [0.3, 0.4) is 0 Å². The van der Waals surface area contributed by atoms with Crippen molar-refractivity contribution in [2.24, 2.45) is 5.92 Å². The summed E-state index contributed by atoms with van der Waals surface area (Å²) in [6.07, 6.45) is 7.84. The summed E-state index contributed by atoms with van der Waals surface area (Å²) in [5, 5.41) is 9.28. The highest BCUT2D eigenvalue weighted by Crippen LogP contribution is 2.24. The van der Waals surface area contributed by atoms with Crippen LogP contribution in [-0.2, 0) is 4.79 Å². The average Bonchev–Trinajstić information content (AvgIpc) is 2.31. The van der Waals surface area contributed by atoms with E-state index in [1.165, 1.54) is 25.7 Å². The zero-order valence-electron chi connectivity index (χ0n) is 11.3. The van der Waals surface area contributed by atoms with Gasteiger partial charge in [0.05, 0.1) is 0 Å². The van der Waals surface area contributed by atoms with Crippen LogP contribution in [0.25, 0.3) is 0 Å². The SMILES string of the molecule is CCCCC(C(=O)O)N1CCC(CCC)CC1. The Morgan fingerprint density at radius 1 is 1.29 bits per heavy atom. The van der Waals surface area contributed by atoms with Crippen LogP contribution in [0.4, 0.5) is 0 Å². The molecule has 3 nitrogen and oxygen atoms in total. The van der Waals surface area contributed by atoms with Gasteiger partial charge < -0.3 is 5.11 Å². The highest BCUT2D eigenvalue weighted by Gasteiger charge is 2.28. The zero-order chi connectivity index (χ0) is 12.7. The van der Waals surface area contributed by atoms with Crippen LogP contribution in [0.2, 0.25) is 0 Å². The normalized spacial score (nSPS) is 20.4. The molecule has 0 saturated carbocycles. The largest absolute Gasteiger partial charge is 0.480 e. The van der Waals surface area contributed by atoms with Crippen LogP contribution in [0.15, 0.2) is 0 Å². The van der Waals surface area contributed by atoms with Crippen LogP contribution in [-0.4, -0.2) is 35.1 Å². The number of nitrogens with zero attached hydrogens (tertiary/aromatic N) is 1. The quantitative estimate of drug-likeness (QED) is 0.744. The second-order valence-corrected chi connectivity index (χ2v) is 5.26. The summed E-state index contributed by atoms with van der Waals surface area (Å²) in [5.74, 6) is 0.198. The molecule has 1 unspecified atom stereocenters. The van der Waals surface area contributed by atoms with Gasteiger partial charge in [0.2, 0.25) is 0 Å². The van der Waals surface area contributed by atoms with Gasteiger partial charge in [-0.1, -0.05) is 39.5 Å². The molecule has 1 aliphatic rings. The zero-order valence-corrected chi connectivity index (χ0v) is 11.3. The monoisotopic (exact) mass is 241 g/mol. The maximum atomic E-state index is 11.3. The van der Waals surface area contributed by atoms with Crippen LogP contribution < -0.4 is 0 Å². The third kappa shape index (κ3) is 4.66. The fourth-order valence-electron chi connectivity index (χ4n) is 2.82. The molecule has 1 rings (SSSR count). The number of carboxylic acids is 1. The minimum absolute atomic E-state index is 0.238. The van der Waals surface area contributed by atoms with Crippen LogP contribution in [0.1, 0.15) is 58.8 Å².